The monoisotopic (exact) mass is 431 g/mol. The van der Waals surface area contributed by atoms with Gasteiger partial charge < -0.3 is 20.3 Å². The number of methoxy groups -OCH3 is 1. The average Bonchev–Trinajstić information content (AvgIpc) is 3.29. The van der Waals surface area contributed by atoms with Gasteiger partial charge >= 0.3 is 0 Å². The average molecular weight is 432 g/mol. The molecule has 0 bridgehead atoms. The number of unbranched alkanes of at least 4 members (excludes halogenated alkanes) is 1. The molecule has 1 saturated heterocycles. The predicted molar refractivity (Wildman–Crippen MR) is 121 cm³/mol. The number of likely N-dealkylation sites (tertiary alicyclic amines) is 1. The lowest BCUT2D eigenvalue weighted by atomic mass is 9.97. The summed E-state index contributed by atoms with van der Waals surface area (Å²) in [6, 6.07) is 6.55. The summed E-state index contributed by atoms with van der Waals surface area (Å²) in [7, 11) is 1.58. The van der Waals surface area contributed by atoms with Gasteiger partial charge in [0.2, 0.25) is 11.8 Å². The molecule has 31 heavy (non-hydrogen) atoms. The van der Waals surface area contributed by atoms with Gasteiger partial charge in [0.15, 0.2) is 0 Å². The molecule has 7 nitrogen and oxygen atoms in total. The van der Waals surface area contributed by atoms with Crippen LogP contribution in [0.5, 0.6) is 5.75 Å². The molecule has 1 heterocycles. The van der Waals surface area contributed by atoms with Crippen LogP contribution in [0.3, 0.4) is 0 Å². The number of nitrogens with zero attached hydrogens (tertiary/aromatic N) is 1. The van der Waals surface area contributed by atoms with Gasteiger partial charge in [0.25, 0.3) is 5.91 Å². The van der Waals surface area contributed by atoms with E-state index in [9.17, 15) is 14.4 Å². The molecule has 7 heteroatoms. The maximum Gasteiger partial charge on any atom is 0.251 e. The molecule has 2 rings (SSSR count). The fourth-order valence-electron chi connectivity index (χ4n) is 3.95. The number of benzene rings is 1. The molecule has 0 aromatic heterocycles. The third-order valence-corrected chi connectivity index (χ3v) is 5.88. The maximum atomic E-state index is 12.9. The Morgan fingerprint density at radius 2 is 1.81 bits per heavy atom. The van der Waals surface area contributed by atoms with Gasteiger partial charge in [-0.3, -0.25) is 14.4 Å². The Morgan fingerprint density at radius 3 is 2.45 bits per heavy atom. The largest absolute Gasteiger partial charge is 0.497 e. The second kappa shape index (κ2) is 13.0. The Kier molecular flexibility index (Phi) is 10.3. The van der Waals surface area contributed by atoms with Crippen LogP contribution in [-0.2, 0) is 9.59 Å². The van der Waals surface area contributed by atoms with Crippen LogP contribution in [-0.4, -0.2) is 55.4 Å². The van der Waals surface area contributed by atoms with E-state index in [1.165, 1.54) is 0 Å². The Balaban J connectivity index is 1.73. The normalized spacial score (nSPS) is 16.6. The van der Waals surface area contributed by atoms with Gasteiger partial charge in [-0.25, -0.2) is 0 Å². The van der Waals surface area contributed by atoms with Crippen molar-refractivity contribution in [1.29, 1.82) is 0 Å². The Bertz CT molecular complexity index is 720. The van der Waals surface area contributed by atoms with Gasteiger partial charge in [0, 0.05) is 31.1 Å². The van der Waals surface area contributed by atoms with Crippen LogP contribution in [0.4, 0.5) is 0 Å². The van der Waals surface area contributed by atoms with Crippen LogP contribution in [0.25, 0.3) is 0 Å². The topological polar surface area (TPSA) is 87.7 Å². The summed E-state index contributed by atoms with van der Waals surface area (Å²) in [4.78, 5) is 39.5. The molecule has 2 N–H and O–H groups in total. The summed E-state index contributed by atoms with van der Waals surface area (Å²) in [6.07, 6.45) is 6.03. The molecule has 1 aliphatic heterocycles. The summed E-state index contributed by atoms with van der Waals surface area (Å²) in [5, 5.41) is 5.79. The van der Waals surface area contributed by atoms with Crippen molar-refractivity contribution in [2.75, 3.05) is 26.7 Å². The third kappa shape index (κ3) is 7.26. The molecule has 3 amide bonds. The van der Waals surface area contributed by atoms with Crippen LogP contribution in [0, 0.1) is 5.92 Å². The van der Waals surface area contributed by atoms with Crippen molar-refractivity contribution in [2.45, 2.75) is 64.8 Å². The SMILES string of the molecule is CCCC[C@H](CC)C(=O)N1CCC[C@H]1C(=O)NCCCNC(=O)c1ccc(OC)cc1. The second-order valence-electron chi connectivity index (χ2n) is 8.07. The van der Waals surface area contributed by atoms with Gasteiger partial charge in [0.1, 0.15) is 11.8 Å². The molecule has 0 radical (unpaired) electrons. The lowest BCUT2D eigenvalue weighted by Crippen LogP contribution is -2.48. The number of carbonyl (C=O) groups excluding carboxylic acids is 3. The zero-order valence-corrected chi connectivity index (χ0v) is 19.1. The molecule has 0 aliphatic carbocycles. The molecule has 1 aromatic carbocycles. The Morgan fingerprint density at radius 1 is 1.10 bits per heavy atom. The quantitative estimate of drug-likeness (QED) is 0.498. The van der Waals surface area contributed by atoms with Crippen LogP contribution in [0.1, 0.15) is 69.2 Å². The van der Waals surface area contributed by atoms with Crippen LogP contribution in [0.15, 0.2) is 24.3 Å². The first-order valence-corrected chi connectivity index (χ1v) is 11.5. The lowest BCUT2D eigenvalue weighted by molar-refractivity contribution is -0.141. The van der Waals surface area contributed by atoms with E-state index in [4.69, 9.17) is 4.74 Å². The standard InChI is InChI=1S/C24H37N3O4/c1-4-6-9-18(5-2)24(30)27-17-7-10-21(27)23(29)26-16-8-15-25-22(28)19-11-13-20(31-3)14-12-19/h11-14,18,21H,4-10,15-17H2,1-3H3,(H,25,28)(H,26,29)/t18-,21-/m0/s1. The van der Waals surface area contributed by atoms with Crippen molar-refractivity contribution >= 4 is 17.7 Å². The van der Waals surface area contributed by atoms with E-state index in [1.54, 1.807) is 36.3 Å². The minimum atomic E-state index is -0.364. The van der Waals surface area contributed by atoms with E-state index in [1.807, 2.05) is 6.92 Å². The molecule has 1 aromatic rings. The van der Waals surface area contributed by atoms with Crippen molar-refractivity contribution < 1.29 is 19.1 Å². The van der Waals surface area contributed by atoms with E-state index < -0.39 is 0 Å². The van der Waals surface area contributed by atoms with Crippen molar-refractivity contribution in [1.82, 2.24) is 15.5 Å². The first-order chi connectivity index (χ1) is 15.0. The van der Waals surface area contributed by atoms with E-state index in [-0.39, 0.29) is 29.7 Å². The predicted octanol–water partition coefficient (Wildman–Crippen LogP) is 3.14. The van der Waals surface area contributed by atoms with E-state index in [0.29, 0.717) is 37.4 Å². The van der Waals surface area contributed by atoms with Crippen LogP contribution < -0.4 is 15.4 Å². The first kappa shape index (κ1) is 24.7. The van der Waals surface area contributed by atoms with Crippen LogP contribution in [0.2, 0.25) is 0 Å². The van der Waals surface area contributed by atoms with Gasteiger partial charge in [-0.15, -0.1) is 0 Å². The molecule has 0 saturated carbocycles. The summed E-state index contributed by atoms with van der Waals surface area (Å²) >= 11 is 0. The number of hydrogen-bond donors (Lipinski definition) is 2. The third-order valence-electron chi connectivity index (χ3n) is 5.88. The Labute approximate surface area is 185 Å². The Hall–Kier alpha value is -2.57. The van der Waals surface area contributed by atoms with Crippen molar-refractivity contribution in [3.05, 3.63) is 29.8 Å². The molecule has 1 aliphatic rings. The smallest absolute Gasteiger partial charge is 0.251 e. The number of carbonyl (C=O) groups is 3. The number of amides is 3. The molecule has 2 atom stereocenters. The van der Waals surface area contributed by atoms with Crippen molar-refractivity contribution in [2.24, 2.45) is 5.92 Å². The summed E-state index contributed by atoms with van der Waals surface area (Å²) in [6.45, 7) is 5.77. The molecular formula is C24H37N3O4. The zero-order chi connectivity index (χ0) is 22.6. The van der Waals surface area contributed by atoms with E-state index in [0.717, 1.165) is 38.5 Å². The van der Waals surface area contributed by atoms with Gasteiger partial charge in [0.05, 0.1) is 7.11 Å². The maximum absolute atomic E-state index is 12.9. The molecule has 172 valence electrons. The second-order valence-corrected chi connectivity index (χ2v) is 8.07. The van der Waals surface area contributed by atoms with E-state index >= 15 is 0 Å². The fraction of sp³-hybridized carbons (Fsp3) is 0.625. The summed E-state index contributed by atoms with van der Waals surface area (Å²) < 4.78 is 5.09. The first-order valence-electron chi connectivity index (χ1n) is 11.5. The highest BCUT2D eigenvalue weighted by Crippen LogP contribution is 2.24. The number of ether oxygens (including phenoxy) is 1. The highest BCUT2D eigenvalue weighted by atomic mass is 16.5. The van der Waals surface area contributed by atoms with Gasteiger partial charge in [-0.2, -0.15) is 0 Å². The zero-order valence-electron chi connectivity index (χ0n) is 19.1. The fourth-order valence-corrected chi connectivity index (χ4v) is 3.95. The lowest BCUT2D eigenvalue weighted by Gasteiger charge is -2.28. The highest BCUT2D eigenvalue weighted by Gasteiger charge is 2.36. The van der Waals surface area contributed by atoms with Gasteiger partial charge in [-0.05, 0) is 56.4 Å². The minimum Gasteiger partial charge on any atom is -0.497 e. The van der Waals surface area contributed by atoms with Gasteiger partial charge in [-0.1, -0.05) is 26.7 Å². The van der Waals surface area contributed by atoms with Crippen LogP contribution >= 0.6 is 0 Å². The molecule has 1 fully saturated rings. The summed E-state index contributed by atoms with van der Waals surface area (Å²) in [5.41, 5.74) is 0.568. The molecule has 0 unspecified atom stereocenters. The number of nitrogens with one attached hydrogen (secondary N) is 2. The minimum absolute atomic E-state index is 0.0153. The number of hydrogen-bond acceptors (Lipinski definition) is 4. The summed E-state index contributed by atoms with van der Waals surface area (Å²) in [5.74, 6) is 0.605. The number of rotatable bonds is 12. The highest BCUT2D eigenvalue weighted by molar-refractivity contribution is 5.94. The van der Waals surface area contributed by atoms with Crippen molar-refractivity contribution in [3.8, 4) is 5.75 Å². The van der Waals surface area contributed by atoms with E-state index in [2.05, 4.69) is 17.6 Å². The molecular weight excluding hydrogens is 394 g/mol. The molecule has 0 spiro atoms. The van der Waals surface area contributed by atoms with Crippen molar-refractivity contribution in [3.63, 3.8) is 0 Å².